The maximum atomic E-state index is 14.0. The zero-order valence-electron chi connectivity index (χ0n) is 35.1. The number of amides is 5. The van der Waals surface area contributed by atoms with Gasteiger partial charge in [-0.2, -0.15) is 0 Å². The third-order valence-corrected chi connectivity index (χ3v) is 10.5. The summed E-state index contributed by atoms with van der Waals surface area (Å²) in [4.78, 5) is 67.5. The molecule has 0 heterocycles. The van der Waals surface area contributed by atoms with Crippen LogP contribution in [-0.2, 0) is 31.0 Å². The van der Waals surface area contributed by atoms with E-state index < -0.39 is 76.4 Å². The van der Waals surface area contributed by atoms with Gasteiger partial charge < -0.3 is 36.4 Å². The average Bonchev–Trinajstić information content (AvgIpc) is 3.18. The predicted octanol–water partition coefficient (Wildman–Crippen LogP) is 4.80. The van der Waals surface area contributed by atoms with Crippen molar-refractivity contribution in [3.63, 3.8) is 0 Å². The molecule has 0 radical (unpaired) electrons. The molecule has 5 amide bonds. The van der Waals surface area contributed by atoms with Crippen LogP contribution in [0, 0.1) is 11.8 Å². The third kappa shape index (κ3) is 16.0. The standard InChI is InChI=1S/C43H60N6O9S/c1-9-59(56,57)49-34-22-32(39(51)45-29(8)31-18-14-11-15-19-31)21-33(23-34)40(52)46-35(20-26(2)3)37(50)24-36(47-43(55)58-25-30-16-12-10-13-17-30)41(53)48-38(27(4)5)42(54)44-28(6)7/h10-19,21-23,26-29,35-38,49-50H,9,20,24-25H2,1-8H3,(H,44,54)(H,45,51)(H,46,52)(H,47,55)(H,48,53). The van der Waals surface area contributed by atoms with Gasteiger partial charge in [0, 0.05) is 23.6 Å². The van der Waals surface area contributed by atoms with Crippen LogP contribution in [0.1, 0.15) is 106 Å². The molecule has 5 atom stereocenters. The summed E-state index contributed by atoms with van der Waals surface area (Å²) in [5, 5.41) is 25.4. The fraction of sp³-hybridized carbons (Fsp3) is 0.465. The first-order valence-electron chi connectivity index (χ1n) is 19.9. The highest BCUT2D eigenvalue weighted by Gasteiger charge is 2.34. The smallest absolute Gasteiger partial charge is 0.408 e. The minimum absolute atomic E-state index is 0.00588. The lowest BCUT2D eigenvalue weighted by Crippen LogP contribution is -2.57. The number of sulfonamides is 1. The van der Waals surface area contributed by atoms with E-state index >= 15 is 0 Å². The van der Waals surface area contributed by atoms with E-state index in [4.69, 9.17) is 4.74 Å². The van der Waals surface area contributed by atoms with Crippen LogP contribution in [0.25, 0.3) is 0 Å². The molecule has 0 bridgehead atoms. The molecule has 0 saturated heterocycles. The maximum Gasteiger partial charge on any atom is 0.408 e. The van der Waals surface area contributed by atoms with Crippen molar-refractivity contribution in [1.29, 1.82) is 0 Å². The summed E-state index contributed by atoms with van der Waals surface area (Å²) in [6, 6.07) is 18.0. The number of hydrogen-bond donors (Lipinski definition) is 7. The number of nitrogens with one attached hydrogen (secondary N) is 6. The molecule has 16 heteroatoms. The summed E-state index contributed by atoms with van der Waals surface area (Å²) < 4.78 is 32.9. The first kappa shape index (κ1) is 47.9. The lowest BCUT2D eigenvalue weighted by atomic mass is 9.93. The van der Waals surface area contributed by atoms with Gasteiger partial charge in [0.2, 0.25) is 21.8 Å². The lowest BCUT2D eigenvalue weighted by Gasteiger charge is -2.30. The Labute approximate surface area is 347 Å². The summed E-state index contributed by atoms with van der Waals surface area (Å²) in [6.45, 7) is 13.9. The fourth-order valence-corrected chi connectivity index (χ4v) is 6.71. The molecule has 5 unspecified atom stereocenters. The highest BCUT2D eigenvalue weighted by Crippen LogP contribution is 2.21. The molecule has 0 aliphatic carbocycles. The summed E-state index contributed by atoms with van der Waals surface area (Å²) in [5.41, 5.74) is 1.44. The van der Waals surface area contributed by atoms with Gasteiger partial charge in [-0.1, -0.05) is 88.4 Å². The summed E-state index contributed by atoms with van der Waals surface area (Å²) in [6.07, 6.45) is -2.57. The van der Waals surface area contributed by atoms with Crippen LogP contribution in [0.5, 0.6) is 0 Å². The number of alkyl carbamates (subject to hydrolysis) is 1. The quantitative estimate of drug-likeness (QED) is 0.0783. The molecule has 0 fully saturated rings. The van der Waals surface area contributed by atoms with Gasteiger partial charge in [0.15, 0.2) is 0 Å². The van der Waals surface area contributed by atoms with Gasteiger partial charge in [-0.15, -0.1) is 0 Å². The summed E-state index contributed by atoms with van der Waals surface area (Å²) >= 11 is 0. The molecule has 3 aromatic carbocycles. The van der Waals surface area contributed by atoms with Gasteiger partial charge in [-0.3, -0.25) is 23.9 Å². The van der Waals surface area contributed by atoms with Gasteiger partial charge >= 0.3 is 6.09 Å². The number of carbonyl (C=O) groups excluding carboxylic acids is 5. The van der Waals surface area contributed by atoms with Crippen LogP contribution >= 0.6 is 0 Å². The second-order valence-electron chi connectivity index (χ2n) is 15.6. The highest BCUT2D eigenvalue weighted by atomic mass is 32.2. The molecule has 7 N–H and O–H groups in total. The Morgan fingerprint density at radius 3 is 1.81 bits per heavy atom. The summed E-state index contributed by atoms with van der Waals surface area (Å²) in [5.74, 6) is -3.17. The van der Waals surface area contributed by atoms with Crippen molar-refractivity contribution < 1.29 is 42.2 Å². The maximum absolute atomic E-state index is 14.0. The number of benzene rings is 3. The van der Waals surface area contributed by atoms with Crippen molar-refractivity contribution in [3.05, 3.63) is 101 Å². The lowest BCUT2D eigenvalue weighted by molar-refractivity contribution is -0.131. The topological polar surface area (TPSA) is 221 Å². The first-order chi connectivity index (χ1) is 27.8. The molecule has 59 heavy (non-hydrogen) atoms. The third-order valence-electron chi connectivity index (χ3n) is 9.24. The van der Waals surface area contributed by atoms with Crippen molar-refractivity contribution in [1.82, 2.24) is 26.6 Å². The van der Waals surface area contributed by atoms with E-state index in [2.05, 4.69) is 31.3 Å². The number of hydrogen-bond acceptors (Lipinski definition) is 9. The van der Waals surface area contributed by atoms with Crippen molar-refractivity contribution in [2.24, 2.45) is 11.8 Å². The Balaban J connectivity index is 1.93. The number of aliphatic hydroxyl groups excluding tert-OH is 1. The summed E-state index contributed by atoms with van der Waals surface area (Å²) in [7, 11) is -3.81. The van der Waals surface area contributed by atoms with E-state index in [0.29, 0.717) is 5.56 Å². The Kier molecular flexibility index (Phi) is 18.4. The molecule has 15 nitrogen and oxygen atoms in total. The number of anilines is 1. The van der Waals surface area contributed by atoms with Gasteiger partial charge in [-0.25, -0.2) is 13.2 Å². The van der Waals surface area contributed by atoms with Crippen LogP contribution < -0.4 is 31.3 Å². The first-order valence-corrected chi connectivity index (χ1v) is 21.5. The van der Waals surface area contributed by atoms with Gasteiger partial charge in [0.1, 0.15) is 18.7 Å². The second kappa shape index (κ2) is 22.6. The predicted molar refractivity (Wildman–Crippen MR) is 227 cm³/mol. The molecule has 0 spiro atoms. The largest absolute Gasteiger partial charge is 0.445 e. The molecule has 0 saturated carbocycles. The van der Waals surface area contributed by atoms with Gasteiger partial charge in [0.05, 0.1) is 29.6 Å². The van der Waals surface area contributed by atoms with E-state index in [-0.39, 0.29) is 53.5 Å². The van der Waals surface area contributed by atoms with Crippen LogP contribution in [0.2, 0.25) is 0 Å². The Bertz CT molecular complexity index is 1980. The second-order valence-corrected chi connectivity index (χ2v) is 17.6. The molecular formula is C43H60N6O9S. The fourth-order valence-electron chi connectivity index (χ4n) is 6.08. The van der Waals surface area contributed by atoms with E-state index in [0.717, 1.165) is 5.56 Å². The van der Waals surface area contributed by atoms with Crippen LogP contribution in [0.3, 0.4) is 0 Å². The van der Waals surface area contributed by atoms with Crippen LogP contribution in [-0.4, -0.2) is 79.3 Å². The van der Waals surface area contributed by atoms with Crippen LogP contribution in [0.4, 0.5) is 10.5 Å². The van der Waals surface area contributed by atoms with Crippen molar-refractivity contribution >= 4 is 45.4 Å². The van der Waals surface area contributed by atoms with Gasteiger partial charge in [0.25, 0.3) is 11.8 Å². The van der Waals surface area contributed by atoms with E-state index in [1.807, 2.05) is 50.2 Å². The molecule has 3 aromatic rings. The number of carbonyl (C=O) groups is 5. The SMILES string of the molecule is CCS(=O)(=O)Nc1cc(C(=O)NC(C)c2ccccc2)cc(C(=O)NC(CC(C)C)C(O)CC(NC(=O)OCc2ccccc2)C(=O)NC(C(=O)NC(C)C)C(C)C)c1. The molecule has 322 valence electrons. The van der Waals surface area contributed by atoms with E-state index in [9.17, 15) is 37.5 Å². The highest BCUT2D eigenvalue weighted by molar-refractivity contribution is 7.92. The zero-order valence-corrected chi connectivity index (χ0v) is 35.9. The van der Waals surface area contributed by atoms with Crippen molar-refractivity contribution in [3.8, 4) is 0 Å². The molecule has 0 aliphatic heterocycles. The van der Waals surface area contributed by atoms with E-state index in [1.165, 1.54) is 25.1 Å². The zero-order chi connectivity index (χ0) is 43.9. The monoisotopic (exact) mass is 836 g/mol. The van der Waals surface area contributed by atoms with Crippen molar-refractivity contribution in [2.75, 3.05) is 10.5 Å². The minimum atomic E-state index is -3.81. The van der Waals surface area contributed by atoms with E-state index in [1.54, 1.807) is 58.9 Å². The Hall–Kier alpha value is -5.48. The molecule has 0 aliphatic rings. The number of ether oxygens (including phenoxy) is 1. The molecule has 0 aromatic heterocycles. The Morgan fingerprint density at radius 2 is 1.27 bits per heavy atom. The van der Waals surface area contributed by atoms with Gasteiger partial charge in [-0.05, 0) is 75.3 Å². The van der Waals surface area contributed by atoms with Crippen molar-refractivity contribution in [2.45, 2.75) is 111 Å². The average molecular weight is 837 g/mol. The normalized spacial score (nSPS) is 14.0. The van der Waals surface area contributed by atoms with Crippen LogP contribution in [0.15, 0.2) is 78.9 Å². The minimum Gasteiger partial charge on any atom is -0.445 e. The number of rotatable bonds is 21. The molecule has 3 rings (SSSR count). The Morgan fingerprint density at radius 1 is 0.695 bits per heavy atom. The number of aliphatic hydroxyl groups is 1. The molecular weight excluding hydrogens is 777 g/mol.